The van der Waals surface area contributed by atoms with E-state index >= 15 is 0 Å². The molecule has 0 aliphatic carbocycles. The fourth-order valence-electron chi connectivity index (χ4n) is 2.55. The number of carboxylic acid groups (broad SMARTS) is 1. The number of nitro groups is 1. The Kier molecular flexibility index (Phi) is 14.6. The van der Waals surface area contributed by atoms with Crippen LogP contribution in [0.2, 0.25) is 0 Å². The van der Waals surface area contributed by atoms with Gasteiger partial charge in [0.1, 0.15) is 0 Å². The summed E-state index contributed by atoms with van der Waals surface area (Å²) in [6.07, 6.45) is 18.3. The maximum Gasteiger partial charge on any atom is 0.379 e. The normalized spacial score (nSPS) is 12.6. The summed E-state index contributed by atoms with van der Waals surface area (Å²) in [6, 6.07) is -1.44. The minimum absolute atomic E-state index is 0.135. The van der Waals surface area contributed by atoms with E-state index in [2.05, 4.69) is 19.1 Å². The summed E-state index contributed by atoms with van der Waals surface area (Å²) < 4.78 is 0. The second kappa shape index (κ2) is 15.5. The highest BCUT2D eigenvalue weighted by Crippen LogP contribution is 2.11. The Balaban J connectivity index is 3.37. The van der Waals surface area contributed by atoms with Crippen molar-refractivity contribution >= 4 is 5.97 Å². The first-order valence-corrected chi connectivity index (χ1v) is 9.10. The van der Waals surface area contributed by atoms with E-state index in [9.17, 15) is 14.9 Å². The molecular formula is C18H33NO4. The molecule has 0 spiro atoms. The van der Waals surface area contributed by atoms with Crippen LogP contribution in [0.1, 0.15) is 90.4 Å². The molecule has 1 unspecified atom stereocenters. The Morgan fingerprint density at radius 1 is 0.957 bits per heavy atom. The van der Waals surface area contributed by atoms with Crippen LogP contribution in [0.5, 0.6) is 0 Å². The molecule has 0 aromatic rings. The van der Waals surface area contributed by atoms with Gasteiger partial charge in [-0.1, -0.05) is 64.0 Å². The van der Waals surface area contributed by atoms with Crippen LogP contribution in [-0.2, 0) is 4.79 Å². The van der Waals surface area contributed by atoms with Gasteiger partial charge in [0.2, 0.25) is 0 Å². The second-order valence-electron chi connectivity index (χ2n) is 6.16. The van der Waals surface area contributed by atoms with Gasteiger partial charge in [0.25, 0.3) is 0 Å². The van der Waals surface area contributed by atoms with Gasteiger partial charge in [0, 0.05) is 11.3 Å². The zero-order valence-electron chi connectivity index (χ0n) is 14.5. The summed E-state index contributed by atoms with van der Waals surface area (Å²) in [6.45, 7) is 2.23. The predicted octanol–water partition coefficient (Wildman–Crippen LogP) is 5.36. The van der Waals surface area contributed by atoms with Crippen molar-refractivity contribution in [2.24, 2.45) is 0 Å². The number of carboxylic acids is 1. The lowest BCUT2D eigenvalue weighted by Gasteiger charge is -2.04. The molecule has 0 rings (SSSR count). The monoisotopic (exact) mass is 327 g/mol. The molecule has 5 heteroatoms. The Bertz CT molecular complexity index is 328. The van der Waals surface area contributed by atoms with Crippen molar-refractivity contribution in [1.82, 2.24) is 0 Å². The highest BCUT2D eigenvalue weighted by molar-refractivity contribution is 5.71. The third kappa shape index (κ3) is 14.0. The van der Waals surface area contributed by atoms with Gasteiger partial charge < -0.3 is 5.11 Å². The van der Waals surface area contributed by atoms with E-state index in [1.807, 2.05) is 0 Å². The largest absolute Gasteiger partial charge is 0.476 e. The molecule has 23 heavy (non-hydrogen) atoms. The summed E-state index contributed by atoms with van der Waals surface area (Å²) in [5.41, 5.74) is 0. The van der Waals surface area contributed by atoms with E-state index in [0.29, 0.717) is 6.42 Å². The third-order valence-corrected chi connectivity index (χ3v) is 4.03. The van der Waals surface area contributed by atoms with E-state index in [0.717, 1.165) is 32.1 Å². The summed E-state index contributed by atoms with van der Waals surface area (Å²) in [5, 5.41) is 19.2. The number of aliphatic carboxylic acids is 1. The average molecular weight is 327 g/mol. The van der Waals surface area contributed by atoms with Crippen LogP contribution in [0.15, 0.2) is 12.2 Å². The van der Waals surface area contributed by atoms with E-state index in [1.54, 1.807) is 0 Å². The van der Waals surface area contributed by atoms with Crippen molar-refractivity contribution in [3.63, 3.8) is 0 Å². The molecule has 0 fully saturated rings. The lowest BCUT2D eigenvalue weighted by Crippen LogP contribution is -2.28. The predicted molar refractivity (Wildman–Crippen MR) is 93.3 cm³/mol. The second-order valence-corrected chi connectivity index (χ2v) is 6.16. The van der Waals surface area contributed by atoms with Crippen LogP contribution >= 0.6 is 0 Å². The van der Waals surface area contributed by atoms with E-state index in [-0.39, 0.29) is 6.42 Å². The first kappa shape index (κ1) is 21.6. The van der Waals surface area contributed by atoms with Crippen LogP contribution in [-0.4, -0.2) is 22.0 Å². The minimum atomic E-state index is -1.44. The molecule has 0 aromatic carbocycles. The zero-order valence-corrected chi connectivity index (χ0v) is 14.5. The molecule has 0 radical (unpaired) electrons. The maximum atomic E-state index is 10.7. The van der Waals surface area contributed by atoms with Gasteiger partial charge in [0.15, 0.2) is 0 Å². The van der Waals surface area contributed by atoms with Gasteiger partial charge in [-0.15, -0.1) is 0 Å². The minimum Gasteiger partial charge on any atom is -0.476 e. The standard InChI is InChI=1S/C18H33NO4/c1-2-3-4-5-6-7-8-9-10-11-12-13-14-15-16-17(18(20)21)19(22)23/h9-10,17H,2-8,11-16H2,1H3,(H,20,21). The number of allylic oxidation sites excluding steroid dienone is 2. The van der Waals surface area contributed by atoms with Crippen molar-refractivity contribution in [2.45, 2.75) is 96.4 Å². The van der Waals surface area contributed by atoms with Crippen LogP contribution in [0.4, 0.5) is 0 Å². The van der Waals surface area contributed by atoms with Crippen molar-refractivity contribution in [3.8, 4) is 0 Å². The van der Waals surface area contributed by atoms with Gasteiger partial charge in [-0.2, -0.15) is 0 Å². The van der Waals surface area contributed by atoms with Gasteiger partial charge in [-0.3, -0.25) is 10.1 Å². The third-order valence-electron chi connectivity index (χ3n) is 4.03. The number of nitrogens with zero attached hydrogens (tertiary/aromatic N) is 1. The molecule has 0 saturated heterocycles. The summed E-state index contributed by atoms with van der Waals surface area (Å²) in [5.74, 6) is -1.33. The molecule has 0 saturated carbocycles. The molecule has 0 aromatic heterocycles. The van der Waals surface area contributed by atoms with Gasteiger partial charge in [-0.25, -0.2) is 4.79 Å². The van der Waals surface area contributed by atoms with Crippen LogP contribution < -0.4 is 0 Å². The Morgan fingerprint density at radius 3 is 1.91 bits per heavy atom. The molecular weight excluding hydrogens is 294 g/mol. The lowest BCUT2D eigenvalue weighted by molar-refractivity contribution is -0.511. The highest BCUT2D eigenvalue weighted by Gasteiger charge is 2.27. The number of unbranched alkanes of at least 4 members (excludes halogenated alkanes) is 10. The quantitative estimate of drug-likeness (QED) is 0.179. The molecule has 0 bridgehead atoms. The molecule has 134 valence electrons. The van der Waals surface area contributed by atoms with Crippen LogP contribution in [0.3, 0.4) is 0 Å². The van der Waals surface area contributed by atoms with Gasteiger partial charge >= 0.3 is 12.0 Å². The fourth-order valence-corrected chi connectivity index (χ4v) is 2.55. The smallest absolute Gasteiger partial charge is 0.379 e. The molecule has 0 heterocycles. The van der Waals surface area contributed by atoms with E-state index < -0.39 is 16.9 Å². The van der Waals surface area contributed by atoms with Gasteiger partial charge in [-0.05, 0) is 32.1 Å². The Morgan fingerprint density at radius 2 is 1.43 bits per heavy atom. The first-order chi connectivity index (χ1) is 11.1. The summed E-state index contributed by atoms with van der Waals surface area (Å²) in [7, 11) is 0. The van der Waals surface area contributed by atoms with Crippen molar-refractivity contribution in [2.75, 3.05) is 0 Å². The van der Waals surface area contributed by atoms with Gasteiger partial charge in [0.05, 0.1) is 0 Å². The van der Waals surface area contributed by atoms with Crippen LogP contribution in [0.25, 0.3) is 0 Å². The molecule has 5 nitrogen and oxygen atoms in total. The number of hydrogen-bond donors (Lipinski definition) is 1. The van der Waals surface area contributed by atoms with E-state index in [4.69, 9.17) is 5.11 Å². The Labute approximate surface area is 140 Å². The lowest BCUT2D eigenvalue weighted by atomic mass is 10.1. The van der Waals surface area contributed by atoms with Crippen molar-refractivity contribution in [1.29, 1.82) is 0 Å². The molecule has 0 aliphatic rings. The van der Waals surface area contributed by atoms with Crippen LogP contribution in [0, 0.1) is 10.1 Å². The number of rotatable bonds is 16. The Hall–Kier alpha value is -1.39. The molecule has 1 atom stereocenters. The first-order valence-electron chi connectivity index (χ1n) is 9.10. The topological polar surface area (TPSA) is 80.4 Å². The average Bonchev–Trinajstić information content (AvgIpc) is 2.50. The number of carbonyl (C=O) groups is 1. The fraction of sp³-hybridized carbons (Fsp3) is 0.833. The molecule has 0 amide bonds. The molecule has 0 aliphatic heterocycles. The SMILES string of the molecule is CCCCCCCCC=CCCCCCCC(C(=O)O)[N+](=O)[O-]. The maximum absolute atomic E-state index is 10.7. The zero-order chi connectivity index (χ0) is 17.3. The number of hydrogen-bond acceptors (Lipinski definition) is 3. The van der Waals surface area contributed by atoms with E-state index in [1.165, 1.54) is 38.5 Å². The molecule has 1 N–H and O–H groups in total. The summed E-state index contributed by atoms with van der Waals surface area (Å²) in [4.78, 5) is 20.5. The highest BCUT2D eigenvalue weighted by atomic mass is 16.6. The van der Waals surface area contributed by atoms with Crippen molar-refractivity contribution in [3.05, 3.63) is 22.3 Å². The van der Waals surface area contributed by atoms with Crippen molar-refractivity contribution < 1.29 is 14.8 Å². The summed E-state index contributed by atoms with van der Waals surface area (Å²) >= 11 is 0.